The molecular weight excluding hydrogens is 482 g/mol. The maximum atomic E-state index is 13.8. The van der Waals surface area contributed by atoms with E-state index in [1.165, 1.54) is 13.2 Å². The molecule has 1 aromatic carbocycles. The van der Waals surface area contributed by atoms with Gasteiger partial charge in [-0.25, -0.2) is 9.69 Å². The highest BCUT2D eigenvalue weighted by Crippen LogP contribution is 2.49. The zero-order valence-electron chi connectivity index (χ0n) is 18.7. The molecule has 1 fully saturated rings. The Morgan fingerprint density at radius 1 is 1.03 bits per heavy atom. The average Bonchev–Trinajstić information content (AvgIpc) is 3.64. The molecule has 0 unspecified atom stereocenters. The minimum atomic E-state index is -1.13. The normalized spacial score (nSPS) is 22.7. The van der Waals surface area contributed by atoms with Crippen LogP contribution in [-0.4, -0.2) is 46.5 Å². The minimum absolute atomic E-state index is 0.0463. The molecule has 0 radical (unpaired) electrons. The van der Waals surface area contributed by atoms with Crippen LogP contribution in [0.3, 0.4) is 0 Å². The molecule has 9 nitrogen and oxygen atoms in total. The first kappa shape index (κ1) is 22.1. The molecule has 3 atom stereocenters. The molecule has 1 aliphatic carbocycles. The van der Waals surface area contributed by atoms with Gasteiger partial charge in [0.25, 0.3) is 0 Å². The molecule has 0 spiro atoms. The number of amides is 2. The standard InChI is InChI=1S/C26H17N3O6S/c1-35-26(34)23-15(9-11-36-23)29-24(32)16-17(25(29)33)20(28-19(16)14-8-4-5-10-27-14)18-21(30)12-6-2-3-7-13(12)22(18)31/h2-11,16-17,19,30H,1H3/t16-,17+,19+/m0/s1. The maximum absolute atomic E-state index is 13.8. The van der Waals surface area contributed by atoms with Gasteiger partial charge in [-0.1, -0.05) is 30.3 Å². The second-order valence-electron chi connectivity index (χ2n) is 8.45. The van der Waals surface area contributed by atoms with E-state index >= 15 is 0 Å². The number of imide groups is 1. The number of ketones is 1. The number of Topliss-reactive ketones (excluding diaryl/α,β-unsaturated/α-hetero) is 1. The van der Waals surface area contributed by atoms with Gasteiger partial charge in [-0.05, 0) is 23.6 Å². The predicted molar refractivity (Wildman–Crippen MR) is 130 cm³/mol. The van der Waals surface area contributed by atoms with E-state index in [1.807, 2.05) is 0 Å². The molecule has 3 aliphatic rings. The smallest absolute Gasteiger partial charge is 0.350 e. The largest absolute Gasteiger partial charge is 0.506 e. The number of allylic oxidation sites excluding steroid dienone is 1. The van der Waals surface area contributed by atoms with Crippen LogP contribution in [0.4, 0.5) is 5.69 Å². The van der Waals surface area contributed by atoms with Crippen LogP contribution in [0.1, 0.15) is 37.3 Å². The molecular formula is C26H17N3O6S. The first-order chi connectivity index (χ1) is 17.4. The fourth-order valence-electron chi connectivity index (χ4n) is 5.09. The Hall–Kier alpha value is -4.44. The number of hydrogen-bond donors (Lipinski definition) is 1. The summed E-state index contributed by atoms with van der Waals surface area (Å²) in [6, 6.07) is 12.4. The number of aliphatic imine (C=N–C) groups is 1. The van der Waals surface area contributed by atoms with Crippen molar-refractivity contribution < 1.29 is 29.0 Å². The third kappa shape index (κ3) is 2.94. The van der Waals surface area contributed by atoms with Crippen molar-refractivity contribution in [2.45, 2.75) is 6.04 Å². The lowest BCUT2D eigenvalue weighted by atomic mass is 9.84. The number of anilines is 1. The SMILES string of the molecule is COC(=O)c1sccc1N1C(=O)[C@H]2C(C3=C(O)c4ccccc4C3=O)=N[C@H](c3ccccn3)[C@H]2C1=O. The fraction of sp³-hybridized carbons (Fsp3) is 0.154. The van der Waals surface area contributed by atoms with E-state index in [2.05, 4.69) is 9.98 Å². The van der Waals surface area contributed by atoms with Gasteiger partial charge in [0.05, 0.1) is 41.6 Å². The molecule has 1 saturated heterocycles. The third-order valence-electron chi connectivity index (χ3n) is 6.66. The minimum Gasteiger partial charge on any atom is -0.506 e. The highest BCUT2D eigenvalue weighted by Gasteiger charge is 2.60. The summed E-state index contributed by atoms with van der Waals surface area (Å²) in [7, 11) is 1.22. The van der Waals surface area contributed by atoms with E-state index in [0.29, 0.717) is 16.8 Å². The number of fused-ring (bicyclic) bond motifs is 2. The average molecular weight is 500 g/mol. The van der Waals surface area contributed by atoms with E-state index in [1.54, 1.807) is 54.0 Å². The summed E-state index contributed by atoms with van der Waals surface area (Å²) in [6.07, 6.45) is 1.55. The molecule has 10 heteroatoms. The maximum Gasteiger partial charge on any atom is 0.350 e. The highest BCUT2D eigenvalue weighted by atomic mass is 32.1. The van der Waals surface area contributed by atoms with E-state index < -0.39 is 41.4 Å². The summed E-state index contributed by atoms with van der Waals surface area (Å²) < 4.78 is 4.82. The summed E-state index contributed by atoms with van der Waals surface area (Å²) in [5, 5.41) is 12.6. The van der Waals surface area contributed by atoms with E-state index in [4.69, 9.17) is 4.74 Å². The number of carbonyl (C=O) groups is 4. The molecule has 2 aliphatic heterocycles. The molecule has 4 heterocycles. The first-order valence-electron chi connectivity index (χ1n) is 11.0. The Labute approximate surface area is 208 Å². The zero-order chi connectivity index (χ0) is 25.1. The molecule has 178 valence electrons. The molecule has 3 aromatic rings. The van der Waals surface area contributed by atoms with Crippen LogP contribution in [0.5, 0.6) is 0 Å². The van der Waals surface area contributed by atoms with Crippen LogP contribution in [0.2, 0.25) is 0 Å². The van der Waals surface area contributed by atoms with Crippen molar-refractivity contribution in [2.24, 2.45) is 16.8 Å². The van der Waals surface area contributed by atoms with Crippen molar-refractivity contribution in [2.75, 3.05) is 12.0 Å². The Morgan fingerprint density at radius 3 is 2.47 bits per heavy atom. The van der Waals surface area contributed by atoms with Gasteiger partial charge in [-0.2, -0.15) is 0 Å². The number of thiophene rings is 1. The van der Waals surface area contributed by atoms with Crippen LogP contribution in [0.25, 0.3) is 5.76 Å². The Morgan fingerprint density at radius 2 is 1.78 bits per heavy atom. The molecule has 2 aromatic heterocycles. The van der Waals surface area contributed by atoms with Crippen molar-refractivity contribution in [1.29, 1.82) is 0 Å². The van der Waals surface area contributed by atoms with Crippen LogP contribution in [0, 0.1) is 11.8 Å². The van der Waals surface area contributed by atoms with Crippen molar-refractivity contribution >= 4 is 52.1 Å². The number of esters is 1. The summed E-state index contributed by atoms with van der Waals surface area (Å²) in [5.74, 6) is -4.74. The number of aliphatic hydroxyl groups excluding tert-OH is 1. The van der Waals surface area contributed by atoms with Gasteiger partial charge in [0.1, 0.15) is 16.7 Å². The summed E-state index contributed by atoms with van der Waals surface area (Å²) in [6.45, 7) is 0. The predicted octanol–water partition coefficient (Wildman–Crippen LogP) is 3.40. The number of aliphatic hydroxyl groups is 1. The van der Waals surface area contributed by atoms with Gasteiger partial charge >= 0.3 is 5.97 Å². The van der Waals surface area contributed by atoms with Crippen molar-refractivity contribution in [3.05, 3.63) is 87.4 Å². The van der Waals surface area contributed by atoms with Gasteiger partial charge < -0.3 is 9.84 Å². The number of methoxy groups -OCH3 is 1. The van der Waals surface area contributed by atoms with Crippen LogP contribution in [0.15, 0.2) is 70.7 Å². The zero-order valence-corrected chi connectivity index (χ0v) is 19.6. The lowest BCUT2D eigenvalue weighted by Gasteiger charge is -2.18. The number of hydrogen-bond acceptors (Lipinski definition) is 9. The fourth-order valence-corrected chi connectivity index (χ4v) is 5.89. The second-order valence-corrected chi connectivity index (χ2v) is 9.37. The summed E-state index contributed by atoms with van der Waals surface area (Å²) >= 11 is 1.05. The number of ether oxygens (including phenoxy) is 1. The Balaban J connectivity index is 1.51. The van der Waals surface area contributed by atoms with Gasteiger partial charge in [0, 0.05) is 17.3 Å². The Bertz CT molecular complexity index is 1540. The number of pyridine rings is 1. The van der Waals surface area contributed by atoms with E-state index in [0.717, 1.165) is 16.2 Å². The molecule has 0 saturated carbocycles. The van der Waals surface area contributed by atoms with Crippen molar-refractivity contribution in [3.63, 3.8) is 0 Å². The van der Waals surface area contributed by atoms with E-state index in [9.17, 15) is 24.3 Å². The van der Waals surface area contributed by atoms with Crippen molar-refractivity contribution in [3.8, 4) is 0 Å². The lowest BCUT2D eigenvalue weighted by molar-refractivity contribution is -0.122. The number of aromatic nitrogens is 1. The van der Waals surface area contributed by atoms with E-state index in [-0.39, 0.29) is 27.6 Å². The van der Waals surface area contributed by atoms with Gasteiger partial charge in [-0.3, -0.25) is 24.4 Å². The van der Waals surface area contributed by atoms with Gasteiger partial charge in [0.2, 0.25) is 11.8 Å². The summed E-state index contributed by atoms with van der Waals surface area (Å²) in [4.78, 5) is 63.3. The molecule has 1 N–H and O–H groups in total. The van der Waals surface area contributed by atoms with Crippen LogP contribution >= 0.6 is 11.3 Å². The quantitative estimate of drug-likeness (QED) is 0.431. The highest BCUT2D eigenvalue weighted by molar-refractivity contribution is 7.12. The molecule has 0 bridgehead atoms. The van der Waals surface area contributed by atoms with Crippen LogP contribution < -0.4 is 4.90 Å². The van der Waals surface area contributed by atoms with Crippen molar-refractivity contribution in [1.82, 2.24) is 4.98 Å². The molecule has 2 amide bonds. The number of nitrogens with zero attached hydrogens (tertiary/aromatic N) is 3. The monoisotopic (exact) mass is 499 g/mol. The number of benzene rings is 1. The first-order valence-corrected chi connectivity index (χ1v) is 11.9. The van der Waals surface area contributed by atoms with Gasteiger partial charge in [-0.15, -0.1) is 11.3 Å². The molecule has 6 rings (SSSR count). The van der Waals surface area contributed by atoms with Crippen LogP contribution in [-0.2, 0) is 14.3 Å². The van der Waals surface area contributed by atoms with Gasteiger partial charge in [0.15, 0.2) is 5.78 Å². The summed E-state index contributed by atoms with van der Waals surface area (Å²) in [5.41, 5.74) is 1.17. The number of rotatable bonds is 4. The number of carbonyl (C=O) groups excluding carboxylic acids is 4. The third-order valence-corrected chi connectivity index (χ3v) is 7.54. The Kier molecular flexibility index (Phi) is 4.94. The lowest BCUT2D eigenvalue weighted by Crippen LogP contribution is -2.34. The second kappa shape index (κ2) is 8.06. The topological polar surface area (TPSA) is 126 Å². The molecule has 36 heavy (non-hydrogen) atoms.